The van der Waals surface area contributed by atoms with Gasteiger partial charge < -0.3 is 11.1 Å². The van der Waals surface area contributed by atoms with Gasteiger partial charge in [0.05, 0.1) is 17.1 Å². The lowest BCUT2D eigenvalue weighted by molar-refractivity contribution is -0.115. The number of nitrogens with two attached hydrogens (primary N) is 1. The summed E-state index contributed by atoms with van der Waals surface area (Å²) in [6, 6.07) is 12.8. The van der Waals surface area contributed by atoms with E-state index < -0.39 is 0 Å². The maximum absolute atomic E-state index is 12.0. The van der Waals surface area contributed by atoms with E-state index in [9.17, 15) is 4.79 Å². The highest BCUT2D eigenvalue weighted by molar-refractivity contribution is 6.34. The molecule has 0 aliphatic rings. The van der Waals surface area contributed by atoms with Crippen LogP contribution in [0, 0.1) is 6.92 Å². The molecule has 0 radical (unpaired) electrons. The Morgan fingerprint density at radius 3 is 2.68 bits per heavy atom. The van der Waals surface area contributed by atoms with Crippen molar-refractivity contribution in [3.63, 3.8) is 0 Å². The molecule has 0 aliphatic heterocycles. The predicted octanol–water partition coefficient (Wildman–Crippen LogP) is 3.41. The van der Waals surface area contributed by atoms with Gasteiger partial charge in [0, 0.05) is 5.69 Å². The normalized spacial score (nSPS) is 10.2. The minimum atomic E-state index is -0.0963. The van der Waals surface area contributed by atoms with E-state index in [2.05, 4.69) is 5.32 Å². The van der Waals surface area contributed by atoms with E-state index in [4.69, 9.17) is 17.3 Å². The third kappa shape index (κ3) is 3.48. The van der Waals surface area contributed by atoms with E-state index in [1.807, 2.05) is 31.2 Å². The van der Waals surface area contributed by atoms with Crippen LogP contribution in [0.2, 0.25) is 5.02 Å². The summed E-state index contributed by atoms with van der Waals surface area (Å²) in [4.78, 5) is 12.0. The molecule has 0 spiro atoms. The second-order valence-corrected chi connectivity index (χ2v) is 4.80. The molecular weight excluding hydrogens is 260 g/mol. The topological polar surface area (TPSA) is 55.1 Å². The van der Waals surface area contributed by atoms with Crippen molar-refractivity contribution in [2.24, 2.45) is 0 Å². The van der Waals surface area contributed by atoms with E-state index in [1.165, 1.54) is 0 Å². The molecule has 0 unspecified atom stereocenters. The summed E-state index contributed by atoms with van der Waals surface area (Å²) in [5, 5.41) is 3.23. The van der Waals surface area contributed by atoms with Crippen molar-refractivity contribution in [3.8, 4) is 0 Å². The molecule has 1 amide bonds. The van der Waals surface area contributed by atoms with Gasteiger partial charge in [-0.05, 0) is 36.2 Å². The van der Waals surface area contributed by atoms with Gasteiger partial charge in [-0.1, -0.05) is 35.9 Å². The average molecular weight is 275 g/mol. The fourth-order valence-electron chi connectivity index (χ4n) is 1.81. The van der Waals surface area contributed by atoms with Gasteiger partial charge in [-0.2, -0.15) is 0 Å². The van der Waals surface area contributed by atoms with Crippen LogP contribution in [0.3, 0.4) is 0 Å². The van der Waals surface area contributed by atoms with Gasteiger partial charge in [-0.25, -0.2) is 0 Å². The van der Waals surface area contributed by atoms with Crippen LogP contribution in [0.5, 0.6) is 0 Å². The first-order valence-corrected chi connectivity index (χ1v) is 6.33. The summed E-state index contributed by atoms with van der Waals surface area (Å²) in [5.74, 6) is -0.0963. The van der Waals surface area contributed by atoms with Crippen LogP contribution in [-0.2, 0) is 11.2 Å². The third-order valence-corrected chi connectivity index (χ3v) is 3.19. The highest BCUT2D eigenvalue weighted by Crippen LogP contribution is 2.24. The maximum atomic E-state index is 12.0. The Bertz CT molecular complexity index is 611. The van der Waals surface area contributed by atoms with Crippen LogP contribution in [0.1, 0.15) is 11.1 Å². The Morgan fingerprint density at radius 1 is 1.26 bits per heavy atom. The largest absolute Gasteiger partial charge is 0.399 e. The van der Waals surface area contributed by atoms with E-state index in [0.717, 1.165) is 11.1 Å². The average Bonchev–Trinajstić information content (AvgIpc) is 2.36. The molecule has 0 saturated carbocycles. The standard InChI is InChI=1S/C15H15ClN2O/c1-10-4-2-3-5-11(10)8-15(19)18-14-7-6-12(17)9-13(14)16/h2-7,9H,8,17H2,1H3,(H,18,19). The molecule has 3 N–H and O–H groups in total. The number of rotatable bonds is 3. The smallest absolute Gasteiger partial charge is 0.228 e. The van der Waals surface area contributed by atoms with E-state index in [-0.39, 0.29) is 5.91 Å². The molecule has 0 aromatic heterocycles. The second-order valence-electron chi connectivity index (χ2n) is 4.39. The molecule has 0 heterocycles. The lowest BCUT2D eigenvalue weighted by Gasteiger charge is -2.09. The molecule has 0 bridgehead atoms. The Kier molecular flexibility index (Phi) is 4.07. The predicted molar refractivity (Wildman–Crippen MR) is 79.4 cm³/mol. The number of carbonyl (C=O) groups excluding carboxylic acids is 1. The van der Waals surface area contributed by atoms with E-state index >= 15 is 0 Å². The van der Waals surface area contributed by atoms with Gasteiger partial charge >= 0.3 is 0 Å². The van der Waals surface area contributed by atoms with Crippen molar-refractivity contribution < 1.29 is 4.79 Å². The molecule has 4 heteroatoms. The molecule has 3 nitrogen and oxygen atoms in total. The van der Waals surface area contributed by atoms with Crippen LogP contribution in [0.15, 0.2) is 42.5 Å². The van der Waals surface area contributed by atoms with Crippen molar-refractivity contribution in [2.45, 2.75) is 13.3 Å². The highest BCUT2D eigenvalue weighted by atomic mass is 35.5. The van der Waals surface area contributed by atoms with Crippen LogP contribution in [0.25, 0.3) is 0 Å². The van der Waals surface area contributed by atoms with Crippen molar-refractivity contribution in [2.75, 3.05) is 11.1 Å². The quantitative estimate of drug-likeness (QED) is 0.843. The number of carbonyl (C=O) groups is 1. The molecule has 0 saturated heterocycles. The number of anilines is 2. The Balaban J connectivity index is 2.08. The summed E-state index contributed by atoms with van der Waals surface area (Å²) in [6.07, 6.45) is 0.327. The lowest BCUT2D eigenvalue weighted by atomic mass is 10.1. The van der Waals surface area contributed by atoms with Crippen LogP contribution < -0.4 is 11.1 Å². The zero-order valence-corrected chi connectivity index (χ0v) is 11.4. The second kappa shape index (κ2) is 5.76. The van der Waals surface area contributed by atoms with Crippen molar-refractivity contribution >= 4 is 28.9 Å². The molecule has 98 valence electrons. The summed E-state index contributed by atoms with van der Waals surface area (Å²) >= 11 is 6.01. The number of nitrogens with one attached hydrogen (secondary N) is 1. The van der Waals surface area contributed by atoms with Gasteiger partial charge in [-0.3, -0.25) is 4.79 Å². The Hall–Kier alpha value is -2.00. The summed E-state index contributed by atoms with van der Waals surface area (Å²) in [6.45, 7) is 1.98. The Morgan fingerprint density at radius 2 is 2.00 bits per heavy atom. The van der Waals surface area contributed by atoms with Gasteiger partial charge in [0.1, 0.15) is 0 Å². The minimum absolute atomic E-state index is 0.0963. The number of nitrogen functional groups attached to an aromatic ring is 1. The number of benzene rings is 2. The number of hydrogen-bond donors (Lipinski definition) is 2. The SMILES string of the molecule is Cc1ccccc1CC(=O)Nc1ccc(N)cc1Cl. The van der Waals surface area contributed by atoms with Crippen LogP contribution in [-0.4, -0.2) is 5.91 Å². The molecule has 0 fully saturated rings. The Labute approximate surface area is 117 Å². The van der Waals surface area contributed by atoms with Gasteiger partial charge in [0.2, 0.25) is 5.91 Å². The summed E-state index contributed by atoms with van der Waals surface area (Å²) < 4.78 is 0. The molecule has 2 rings (SSSR count). The number of amides is 1. The first-order valence-electron chi connectivity index (χ1n) is 5.95. The first kappa shape index (κ1) is 13.4. The molecule has 0 atom stereocenters. The fourth-order valence-corrected chi connectivity index (χ4v) is 2.04. The molecule has 19 heavy (non-hydrogen) atoms. The minimum Gasteiger partial charge on any atom is -0.399 e. The highest BCUT2D eigenvalue weighted by Gasteiger charge is 2.08. The molecule has 2 aromatic rings. The summed E-state index contributed by atoms with van der Waals surface area (Å²) in [7, 11) is 0. The zero-order valence-electron chi connectivity index (χ0n) is 10.6. The van der Waals surface area contributed by atoms with Crippen molar-refractivity contribution in [1.82, 2.24) is 0 Å². The van der Waals surface area contributed by atoms with Crippen LogP contribution in [0.4, 0.5) is 11.4 Å². The van der Waals surface area contributed by atoms with Gasteiger partial charge in [-0.15, -0.1) is 0 Å². The summed E-state index contributed by atoms with van der Waals surface area (Å²) in [5.41, 5.74) is 8.86. The lowest BCUT2D eigenvalue weighted by Crippen LogP contribution is -2.15. The first-order chi connectivity index (χ1) is 9.06. The number of halogens is 1. The molecule has 0 aliphatic carbocycles. The van der Waals surface area contributed by atoms with Crippen molar-refractivity contribution in [3.05, 3.63) is 58.6 Å². The van der Waals surface area contributed by atoms with E-state index in [0.29, 0.717) is 22.8 Å². The van der Waals surface area contributed by atoms with Gasteiger partial charge in [0.15, 0.2) is 0 Å². The van der Waals surface area contributed by atoms with E-state index in [1.54, 1.807) is 18.2 Å². The van der Waals surface area contributed by atoms with Gasteiger partial charge in [0.25, 0.3) is 0 Å². The maximum Gasteiger partial charge on any atom is 0.228 e. The third-order valence-electron chi connectivity index (χ3n) is 2.88. The molecule has 2 aromatic carbocycles. The fraction of sp³-hybridized carbons (Fsp3) is 0.133. The van der Waals surface area contributed by atoms with Crippen molar-refractivity contribution in [1.29, 1.82) is 0 Å². The monoisotopic (exact) mass is 274 g/mol. The zero-order chi connectivity index (χ0) is 13.8. The number of aryl methyl sites for hydroxylation is 1. The molecular formula is C15H15ClN2O. The van der Waals surface area contributed by atoms with Crippen LogP contribution >= 0.6 is 11.6 Å². The number of hydrogen-bond acceptors (Lipinski definition) is 2.